The second-order valence-electron chi connectivity index (χ2n) is 5.38. The maximum Gasteiger partial charge on any atom is 0.0492 e. The summed E-state index contributed by atoms with van der Waals surface area (Å²) in [5.74, 6) is 0. The van der Waals surface area contributed by atoms with E-state index in [1.165, 1.54) is 5.69 Å². The summed E-state index contributed by atoms with van der Waals surface area (Å²) in [6.07, 6.45) is 4.15. The minimum atomic E-state index is 0.311. The van der Waals surface area contributed by atoms with E-state index in [1.54, 1.807) is 0 Å². The smallest absolute Gasteiger partial charge is 0.0492 e. The highest BCUT2D eigenvalue weighted by molar-refractivity contribution is 5.01. The Morgan fingerprint density at radius 3 is 2.62 bits per heavy atom. The molecule has 92 valence electrons. The molecular formula is C13H25N3. The molecule has 0 amide bonds. The molecule has 1 unspecified atom stereocenters. The van der Waals surface area contributed by atoms with Crippen LogP contribution in [0.2, 0.25) is 0 Å². The number of nitrogens with one attached hydrogen (secondary N) is 1. The van der Waals surface area contributed by atoms with Gasteiger partial charge in [0.2, 0.25) is 0 Å². The zero-order chi connectivity index (χ0) is 12.2. The summed E-state index contributed by atoms with van der Waals surface area (Å²) >= 11 is 0. The van der Waals surface area contributed by atoms with Gasteiger partial charge in [0, 0.05) is 24.5 Å². The van der Waals surface area contributed by atoms with Crippen molar-refractivity contribution in [2.75, 3.05) is 7.05 Å². The topological polar surface area (TPSA) is 29.9 Å². The fraction of sp³-hybridized carbons (Fsp3) is 0.769. The minimum absolute atomic E-state index is 0.311. The Hall–Kier alpha value is -0.830. The van der Waals surface area contributed by atoms with E-state index in [1.807, 2.05) is 13.2 Å². The highest BCUT2D eigenvalue weighted by Crippen LogP contribution is 2.22. The maximum atomic E-state index is 4.30. The van der Waals surface area contributed by atoms with Crippen molar-refractivity contribution in [1.82, 2.24) is 15.1 Å². The van der Waals surface area contributed by atoms with Crippen LogP contribution in [0.1, 0.15) is 39.8 Å². The van der Waals surface area contributed by atoms with Gasteiger partial charge in [0.25, 0.3) is 0 Å². The van der Waals surface area contributed by atoms with Crippen LogP contribution in [0.25, 0.3) is 0 Å². The van der Waals surface area contributed by atoms with Crippen molar-refractivity contribution in [3.63, 3.8) is 0 Å². The molecule has 1 N–H and O–H groups in total. The summed E-state index contributed by atoms with van der Waals surface area (Å²) in [6.45, 7) is 9.94. The van der Waals surface area contributed by atoms with E-state index in [2.05, 4.69) is 48.9 Å². The van der Waals surface area contributed by atoms with Crippen LogP contribution < -0.4 is 5.32 Å². The van der Waals surface area contributed by atoms with Crippen molar-refractivity contribution < 1.29 is 0 Å². The number of nitrogens with zero attached hydrogens (tertiary/aromatic N) is 2. The Morgan fingerprint density at radius 2 is 2.12 bits per heavy atom. The number of rotatable bonds is 5. The van der Waals surface area contributed by atoms with Crippen LogP contribution in [-0.4, -0.2) is 22.9 Å². The third kappa shape index (κ3) is 3.34. The highest BCUT2D eigenvalue weighted by Gasteiger charge is 2.22. The molecule has 3 heteroatoms. The van der Waals surface area contributed by atoms with Gasteiger partial charge in [-0.2, -0.15) is 5.10 Å². The van der Waals surface area contributed by atoms with Crippen LogP contribution in [0.5, 0.6) is 0 Å². The van der Waals surface area contributed by atoms with Crippen LogP contribution >= 0.6 is 0 Å². The Kier molecular flexibility index (Phi) is 4.54. The Bertz CT molecular complexity index is 309. The molecule has 0 saturated carbocycles. The molecule has 0 spiro atoms. The maximum absolute atomic E-state index is 4.30. The predicted molar refractivity (Wildman–Crippen MR) is 68.5 cm³/mol. The first kappa shape index (κ1) is 13.2. The van der Waals surface area contributed by atoms with Crippen molar-refractivity contribution in [3.05, 3.63) is 18.0 Å². The van der Waals surface area contributed by atoms with Gasteiger partial charge in [-0.25, -0.2) is 0 Å². The van der Waals surface area contributed by atoms with E-state index in [4.69, 9.17) is 0 Å². The lowest BCUT2D eigenvalue weighted by Gasteiger charge is -2.30. The van der Waals surface area contributed by atoms with Crippen molar-refractivity contribution in [3.8, 4) is 0 Å². The lowest BCUT2D eigenvalue weighted by atomic mass is 9.84. The third-order valence-electron chi connectivity index (χ3n) is 3.19. The standard InChI is InChI=1S/C13H25N3/c1-6-16-11(9-10-15-16)7-8-12(14-5)13(2,3)4/h9-10,12,14H,6-8H2,1-5H3. The molecule has 1 atom stereocenters. The second kappa shape index (κ2) is 5.48. The molecule has 1 aromatic rings. The van der Waals surface area contributed by atoms with Crippen molar-refractivity contribution in [1.29, 1.82) is 0 Å². The molecule has 1 rings (SSSR count). The quantitative estimate of drug-likeness (QED) is 0.831. The fourth-order valence-electron chi connectivity index (χ4n) is 2.16. The van der Waals surface area contributed by atoms with Gasteiger partial charge in [0.1, 0.15) is 0 Å². The van der Waals surface area contributed by atoms with Crippen molar-refractivity contribution in [2.45, 2.75) is 53.1 Å². The average Bonchev–Trinajstić information content (AvgIpc) is 2.64. The van der Waals surface area contributed by atoms with Crippen LogP contribution in [0, 0.1) is 5.41 Å². The van der Waals surface area contributed by atoms with Gasteiger partial charge >= 0.3 is 0 Å². The Labute approximate surface area is 99.2 Å². The monoisotopic (exact) mass is 223 g/mol. The van der Waals surface area contributed by atoms with Gasteiger partial charge in [-0.3, -0.25) is 4.68 Å². The molecule has 0 bridgehead atoms. The van der Waals surface area contributed by atoms with E-state index < -0.39 is 0 Å². The van der Waals surface area contributed by atoms with E-state index in [-0.39, 0.29) is 0 Å². The normalized spacial score (nSPS) is 14.1. The van der Waals surface area contributed by atoms with Crippen LogP contribution in [0.15, 0.2) is 12.3 Å². The fourth-order valence-corrected chi connectivity index (χ4v) is 2.16. The molecule has 0 fully saturated rings. The van der Waals surface area contributed by atoms with E-state index in [0.29, 0.717) is 11.5 Å². The second-order valence-corrected chi connectivity index (χ2v) is 5.38. The number of aryl methyl sites for hydroxylation is 2. The van der Waals surface area contributed by atoms with Gasteiger partial charge in [-0.05, 0) is 38.3 Å². The summed E-state index contributed by atoms with van der Waals surface area (Å²) in [7, 11) is 2.05. The van der Waals surface area contributed by atoms with Gasteiger partial charge in [0.15, 0.2) is 0 Å². The van der Waals surface area contributed by atoms with Gasteiger partial charge in [-0.15, -0.1) is 0 Å². The molecule has 0 aliphatic carbocycles. The number of hydrogen-bond acceptors (Lipinski definition) is 2. The van der Waals surface area contributed by atoms with Gasteiger partial charge in [0.05, 0.1) is 0 Å². The first-order valence-corrected chi connectivity index (χ1v) is 6.17. The van der Waals surface area contributed by atoms with Crippen LogP contribution in [0.3, 0.4) is 0 Å². The summed E-state index contributed by atoms with van der Waals surface area (Å²) in [4.78, 5) is 0. The molecule has 1 aromatic heterocycles. The van der Waals surface area contributed by atoms with E-state index >= 15 is 0 Å². The molecule has 16 heavy (non-hydrogen) atoms. The zero-order valence-electron chi connectivity index (χ0n) is 11.2. The Balaban J connectivity index is 2.56. The molecule has 3 nitrogen and oxygen atoms in total. The molecular weight excluding hydrogens is 198 g/mol. The van der Waals surface area contributed by atoms with E-state index in [9.17, 15) is 0 Å². The van der Waals surface area contributed by atoms with Crippen LogP contribution in [-0.2, 0) is 13.0 Å². The molecule has 0 saturated heterocycles. The minimum Gasteiger partial charge on any atom is -0.316 e. The number of aromatic nitrogens is 2. The summed E-state index contributed by atoms with van der Waals surface area (Å²) in [5, 5.41) is 7.71. The average molecular weight is 223 g/mol. The summed E-state index contributed by atoms with van der Waals surface area (Å²) in [6, 6.07) is 2.67. The molecule has 1 heterocycles. The first-order chi connectivity index (χ1) is 7.49. The van der Waals surface area contributed by atoms with Crippen LogP contribution in [0.4, 0.5) is 0 Å². The Morgan fingerprint density at radius 1 is 1.44 bits per heavy atom. The molecule has 0 aliphatic rings. The van der Waals surface area contributed by atoms with E-state index in [0.717, 1.165) is 19.4 Å². The summed E-state index contributed by atoms with van der Waals surface area (Å²) < 4.78 is 2.08. The molecule has 0 aliphatic heterocycles. The lowest BCUT2D eigenvalue weighted by Crippen LogP contribution is -2.38. The van der Waals surface area contributed by atoms with Crippen molar-refractivity contribution >= 4 is 0 Å². The van der Waals surface area contributed by atoms with Gasteiger partial charge in [-0.1, -0.05) is 20.8 Å². The SMILES string of the molecule is CCn1nccc1CCC(NC)C(C)(C)C. The molecule has 0 aromatic carbocycles. The van der Waals surface area contributed by atoms with Crippen molar-refractivity contribution in [2.24, 2.45) is 5.41 Å². The number of hydrogen-bond donors (Lipinski definition) is 1. The lowest BCUT2D eigenvalue weighted by molar-refractivity contribution is 0.266. The zero-order valence-corrected chi connectivity index (χ0v) is 11.2. The largest absolute Gasteiger partial charge is 0.316 e. The molecule has 0 radical (unpaired) electrons. The van der Waals surface area contributed by atoms with Gasteiger partial charge < -0.3 is 5.32 Å². The third-order valence-corrected chi connectivity index (χ3v) is 3.19. The summed E-state index contributed by atoms with van der Waals surface area (Å²) in [5.41, 5.74) is 1.65. The highest BCUT2D eigenvalue weighted by atomic mass is 15.3. The predicted octanol–water partition coefficient (Wildman–Crippen LogP) is 2.47. The first-order valence-electron chi connectivity index (χ1n) is 6.17.